The molecule has 0 aliphatic carbocycles. The topological polar surface area (TPSA) is 108 Å². The highest BCUT2D eigenvalue weighted by Gasteiger charge is 2.11. The van der Waals surface area contributed by atoms with E-state index in [1.54, 1.807) is 31.4 Å². The highest BCUT2D eigenvalue weighted by molar-refractivity contribution is 7.99. The number of carbonyl (C=O) groups is 1. The summed E-state index contributed by atoms with van der Waals surface area (Å²) in [5.41, 5.74) is 0.614. The van der Waals surface area contributed by atoms with Crippen LogP contribution in [0.2, 0.25) is 0 Å². The van der Waals surface area contributed by atoms with Gasteiger partial charge in [0.15, 0.2) is 5.16 Å². The van der Waals surface area contributed by atoms with Crippen LogP contribution in [0.15, 0.2) is 34.2 Å². The van der Waals surface area contributed by atoms with E-state index >= 15 is 0 Å². The minimum absolute atomic E-state index is 0.0181. The van der Waals surface area contributed by atoms with Crippen molar-refractivity contribution in [2.75, 3.05) is 18.2 Å². The Morgan fingerprint density at radius 2 is 2.12 bits per heavy atom. The largest absolute Gasteiger partial charge is 0.497 e. The summed E-state index contributed by atoms with van der Waals surface area (Å²) < 4.78 is 5.05. The van der Waals surface area contributed by atoms with Crippen molar-refractivity contribution in [3.05, 3.63) is 45.9 Å². The maximum atomic E-state index is 12.0. The molecule has 0 unspecified atom stereocenters. The van der Waals surface area contributed by atoms with Crippen molar-refractivity contribution >= 4 is 23.4 Å². The van der Waals surface area contributed by atoms with Gasteiger partial charge in [-0.15, -0.1) is 0 Å². The molecule has 0 radical (unpaired) electrons. The van der Waals surface area contributed by atoms with Gasteiger partial charge >= 0.3 is 0 Å². The van der Waals surface area contributed by atoms with Gasteiger partial charge in [0.25, 0.3) is 5.56 Å². The SMILES string of the molecule is CCc1nc(SCC(=O)Nc2ccc(OC)cc2)[nH]c(=O)c1C#N. The molecule has 124 valence electrons. The molecule has 1 aromatic carbocycles. The molecule has 8 heteroatoms. The first-order valence-electron chi connectivity index (χ1n) is 7.17. The lowest BCUT2D eigenvalue weighted by Crippen LogP contribution is -2.18. The number of aromatic nitrogens is 2. The first-order valence-corrected chi connectivity index (χ1v) is 8.16. The summed E-state index contributed by atoms with van der Waals surface area (Å²) in [6.45, 7) is 1.81. The van der Waals surface area contributed by atoms with Crippen LogP contribution in [0.1, 0.15) is 18.2 Å². The third-order valence-electron chi connectivity index (χ3n) is 3.13. The number of anilines is 1. The van der Waals surface area contributed by atoms with E-state index in [9.17, 15) is 9.59 Å². The number of H-pyrrole nitrogens is 1. The van der Waals surface area contributed by atoms with Gasteiger partial charge < -0.3 is 15.0 Å². The lowest BCUT2D eigenvalue weighted by Gasteiger charge is -2.07. The van der Waals surface area contributed by atoms with Crippen LogP contribution in [0.25, 0.3) is 0 Å². The highest BCUT2D eigenvalue weighted by atomic mass is 32.2. The second-order valence-electron chi connectivity index (χ2n) is 4.72. The molecule has 7 nitrogen and oxygen atoms in total. The predicted molar refractivity (Wildman–Crippen MR) is 91.3 cm³/mol. The van der Waals surface area contributed by atoms with Gasteiger partial charge in [-0.1, -0.05) is 18.7 Å². The van der Waals surface area contributed by atoms with Crippen molar-refractivity contribution < 1.29 is 9.53 Å². The Labute approximate surface area is 143 Å². The zero-order valence-electron chi connectivity index (χ0n) is 13.3. The van der Waals surface area contributed by atoms with Crippen molar-refractivity contribution in [3.8, 4) is 11.8 Å². The number of nitriles is 1. The van der Waals surface area contributed by atoms with Gasteiger partial charge in [-0.2, -0.15) is 5.26 Å². The van der Waals surface area contributed by atoms with Crippen LogP contribution in [0.4, 0.5) is 5.69 Å². The Morgan fingerprint density at radius 1 is 1.42 bits per heavy atom. The zero-order chi connectivity index (χ0) is 17.5. The molecule has 0 fully saturated rings. The Hall–Kier alpha value is -2.79. The normalized spacial score (nSPS) is 10.0. The van der Waals surface area contributed by atoms with E-state index in [4.69, 9.17) is 10.00 Å². The van der Waals surface area contributed by atoms with E-state index in [2.05, 4.69) is 15.3 Å². The fourth-order valence-electron chi connectivity index (χ4n) is 1.94. The minimum Gasteiger partial charge on any atom is -0.497 e. The zero-order valence-corrected chi connectivity index (χ0v) is 14.1. The van der Waals surface area contributed by atoms with Crippen LogP contribution in [-0.4, -0.2) is 28.7 Å². The molecule has 1 amide bonds. The third-order valence-corrected chi connectivity index (χ3v) is 4.01. The number of aryl methyl sites for hydroxylation is 1. The summed E-state index contributed by atoms with van der Waals surface area (Å²) in [5.74, 6) is 0.563. The monoisotopic (exact) mass is 344 g/mol. The molecule has 0 saturated heterocycles. The number of aromatic amines is 1. The average Bonchev–Trinajstić information content (AvgIpc) is 2.60. The predicted octanol–water partition coefficient (Wildman–Crippen LogP) is 1.94. The number of hydrogen-bond donors (Lipinski definition) is 2. The Morgan fingerprint density at radius 3 is 2.71 bits per heavy atom. The second-order valence-corrected chi connectivity index (χ2v) is 5.69. The van der Waals surface area contributed by atoms with Crippen molar-refractivity contribution in [3.63, 3.8) is 0 Å². The number of benzene rings is 1. The molecule has 0 bridgehead atoms. The number of ether oxygens (including phenoxy) is 1. The standard InChI is InChI=1S/C16H16N4O3S/c1-3-13-12(8-17)15(22)20-16(19-13)24-9-14(21)18-10-4-6-11(23-2)7-5-10/h4-7H,3,9H2,1-2H3,(H,18,21)(H,19,20,22). The van der Waals surface area contributed by atoms with E-state index in [-0.39, 0.29) is 17.2 Å². The summed E-state index contributed by atoms with van der Waals surface area (Å²) >= 11 is 1.11. The van der Waals surface area contributed by atoms with E-state index < -0.39 is 5.56 Å². The quantitative estimate of drug-likeness (QED) is 0.612. The van der Waals surface area contributed by atoms with E-state index in [1.165, 1.54) is 0 Å². The van der Waals surface area contributed by atoms with Gasteiger partial charge in [-0.05, 0) is 30.7 Å². The Balaban J connectivity index is 2.00. The summed E-state index contributed by atoms with van der Waals surface area (Å²) in [6.07, 6.45) is 0.471. The number of carbonyl (C=O) groups excluding carboxylic acids is 1. The fraction of sp³-hybridized carbons (Fsp3) is 0.250. The fourth-order valence-corrected chi connectivity index (χ4v) is 2.62. The molecule has 1 aromatic heterocycles. The number of methoxy groups -OCH3 is 1. The van der Waals surface area contributed by atoms with Gasteiger partial charge in [0, 0.05) is 5.69 Å². The molecule has 0 spiro atoms. The van der Waals surface area contributed by atoms with Crippen molar-refractivity contribution in [2.45, 2.75) is 18.5 Å². The molecule has 2 rings (SSSR count). The van der Waals surface area contributed by atoms with Gasteiger partial charge in [0.05, 0.1) is 18.6 Å². The van der Waals surface area contributed by atoms with Crippen molar-refractivity contribution in [2.24, 2.45) is 0 Å². The third kappa shape index (κ3) is 4.36. The Kier molecular flexibility index (Phi) is 5.98. The van der Waals surface area contributed by atoms with Crippen molar-refractivity contribution in [1.29, 1.82) is 5.26 Å². The van der Waals surface area contributed by atoms with Crippen LogP contribution < -0.4 is 15.6 Å². The van der Waals surface area contributed by atoms with Crippen LogP contribution in [-0.2, 0) is 11.2 Å². The van der Waals surface area contributed by atoms with Crippen LogP contribution in [0, 0.1) is 11.3 Å². The maximum Gasteiger partial charge on any atom is 0.269 e. The number of nitrogens with zero attached hydrogens (tertiary/aromatic N) is 2. The maximum absolute atomic E-state index is 12.0. The van der Waals surface area contributed by atoms with Gasteiger partial charge in [-0.25, -0.2) is 4.98 Å². The molecule has 2 N–H and O–H groups in total. The number of thioether (sulfide) groups is 1. The molecular formula is C16H16N4O3S. The van der Waals surface area contributed by atoms with Gasteiger partial charge in [0.1, 0.15) is 17.4 Å². The molecule has 0 atom stereocenters. The smallest absolute Gasteiger partial charge is 0.269 e. The second kappa shape index (κ2) is 8.17. The molecule has 1 heterocycles. The summed E-state index contributed by atoms with van der Waals surface area (Å²) in [6, 6.07) is 8.80. The van der Waals surface area contributed by atoms with Crippen LogP contribution in [0.5, 0.6) is 5.75 Å². The van der Waals surface area contributed by atoms with Crippen LogP contribution in [0.3, 0.4) is 0 Å². The minimum atomic E-state index is -0.484. The van der Waals surface area contributed by atoms with E-state index in [0.717, 1.165) is 11.8 Å². The first-order chi connectivity index (χ1) is 11.6. The molecule has 0 aliphatic heterocycles. The molecular weight excluding hydrogens is 328 g/mol. The number of hydrogen-bond acceptors (Lipinski definition) is 6. The molecule has 0 saturated carbocycles. The van der Waals surface area contributed by atoms with Crippen LogP contribution >= 0.6 is 11.8 Å². The van der Waals surface area contributed by atoms with Gasteiger partial charge in [0.2, 0.25) is 5.91 Å². The molecule has 0 aliphatic rings. The first kappa shape index (κ1) is 17.6. The number of amides is 1. The lowest BCUT2D eigenvalue weighted by molar-refractivity contribution is -0.113. The van der Waals surface area contributed by atoms with E-state index in [0.29, 0.717) is 28.7 Å². The lowest BCUT2D eigenvalue weighted by atomic mass is 10.2. The number of rotatable bonds is 6. The molecule has 2 aromatic rings. The van der Waals surface area contributed by atoms with E-state index in [1.807, 2.05) is 13.0 Å². The molecule has 24 heavy (non-hydrogen) atoms. The van der Waals surface area contributed by atoms with Crippen molar-refractivity contribution in [1.82, 2.24) is 9.97 Å². The van der Waals surface area contributed by atoms with Gasteiger partial charge in [-0.3, -0.25) is 9.59 Å². The number of nitrogens with one attached hydrogen (secondary N) is 2. The highest BCUT2D eigenvalue weighted by Crippen LogP contribution is 2.17. The Bertz CT molecular complexity index is 825. The average molecular weight is 344 g/mol. The summed E-state index contributed by atoms with van der Waals surface area (Å²) in [4.78, 5) is 30.5. The summed E-state index contributed by atoms with van der Waals surface area (Å²) in [7, 11) is 1.57. The summed E-state index contributed by atoms with van der Waals surface area (Å²) in [5, 5.41) is 12.0.